The lowest BCUT2D eigenvalue weighted by molar-refractivity contribution is 0.0725. The molecule has 0 unspecified atom stereocenters. The number of benzene rings is 3. The molecule has 0 aliphatic carbocycles. The van der Waals surface area contributed by atoms with E-state index in [9.17, 15) is 30.4 Å². The molecule has 0 spiro atoms. The van der Waals surface area contributed by atoms with Crippen LogP contribution in [0.15, 0.2) is 82.6 Å². The minimum absolute atomic E-state index is 0.0555. The summed E-state index contributed by atoms with van der Waals surface area (Å²) < 4.78 is 79.3. The number of sulfonamides is 1. The molecule has 1 saturated heterocycles. The smallest absolute Gasteiger partial charge is 0.261 e. The molecule has 184 valence electrons. The number of piperidine rings is 1. The van der Waals surface area contributed by atoms with Gasteiger partial charge < -0.3 is 4.90 Å². The van der Waals surface area contributed by atoms with E-state index in [2.05, 4.69) is 4.72 Å². The van der Waals surface area contributed by atoms with Crippen molar-refractivity contribution < 1.29 is 30.4 Å². The number of halogens is 2. The number of amides is 1. The Morgan fingerprint density at radius 1 is 0.800 bits per heavy atom. The number of anilines is 1. The molecule has 7 nitrogen and oxygen atoms in total. The highest BCUT2D eigenvalue weighted by atomic mass is 32.2. The second-order valence-electron chi connectivity index (χ2n) is 8.13. The fourth-order valence-electron chi connectivity index (χ4n) is 3.90. The molecule has 4 rings (SSSR count). The van der Waals surface area contributed by atoms with Gasteiger partial charge in [0.2, 0.25) is 0 Å². The fraction of sp³-hybridized carbons (Fsp3) is 0.208. The Bertz CT molecular complexity index is 1430. The first kappa shape index (κ1) is 24.8. The Morgan fingerprint density at radius 2 is 1.43 bits per heavy atom. The topological polar surface area (TPSA) is 101 Å². The van der Waals surface area contributed by atoms with Crippen molar-refractivity contribution in [2.24, 2.45) is 0 Å². The number of rotatable bonds is 6. The first-order chi connectivity index (χ1) is 16.6. The first-order valence-corrected chi connectivity index (χ1v) is 13.8. The van der Waals surface area contributed by atoms with Gasteiger partial charge in [-0.05, 0) is 79.6 Å². The monoisotopic (exact) mass is 520 g/mol. The van der Waals surface area contributed by atoms with Crippen molar-refractivity contribution in [3.8, 4) is 0 Å². The van der Waals surface area contributed by atoms with Crippen molar-refractivity contribution in [1.29, 1.82) is 0 Å². The van der Waals surface area contributed by atoms with Crippen LogP contribution in [0, 0.1) is 11.6 Å². The van der Waals surface area contributed by atoms with Crippen LogP contribution >= 0.6 is 0 Å². The largest absolute Gasteiger partial charge is 0.339 e. The third kappa shape index (κ3) is 5.51. The molecule has 11 heteroatoms. The van der Waals surface area contributed by atoms with Crippen LogP contribution in [0.1, 0.15) is 23.2 Å². The Morgan fingerprint density at radius 3 is 2.03 bits per heavy atom. The zero-order valence-electron chi connectivity index (χ0n) is 18.4. The number of nitrogens with zero attached hydrogens (tertiary/aromatic N) is 1. The molecule has 1 heterocycles. The maximum atomic E-state index is 13.4. The van der Waals surface area contributed by atoms with E-state index in [0.29, 0.717) is 5.56 Å². The van der Waals surface area contributed by atoms with Crippen LogP contribution in [0.2, 0.25) is 0 Å². The SMILES string of the molecule is O=C(c1ccc(NS(=O)(=O)c2cccc(F)c2)cc1)N1CCC(S(=O)(=O)c2ccc(F)cc2)CC1. The standard InChI is InChI=1S/C24H22F2N2O5S2/c25-18-6-10-21(11-7-18)34(30,31)22-12-14-28(15-13-22)24(29)17-4-8-20(9-5-17)27-35(32,33)23-3-1-2-19(26)16-23/h1-11,16,22,27H,12-15H2. The first-order valence-electron chi connectivity index (χ1n) is 10.7. The zero-order chi connectivity index (χ0) is 25.2. The van der Waals surface area contributed by atoms with Crippen LogP contribution in [0.3, 0.4) is 0 Å². The summed E-state index contributed by atoms with van der Waals surface area (Å²) in [6.45, 7) is 0.468. The number of hydrogen-bond acceptors (Lipinski definition) is 5. The van der Waals surface area contributed by atoms with Crippen LogP contribution in [0.5, 0.6) is 0 Å². The lowest BCUT2D eigenvalue weighted by atomic mass is 10.1. The van der Waals surface area contributed by atoms with Crippen molar-refractivity contribution in [1.82, 2.24) is 4.90 Å². The Labute approximate surface area is 202 Å². The third-order valence-corrected chi connectivity index (χ3v) is 9.46. The van der Waals surface area contributed by atoms with E-state index in [0.717, 1.165) is 24.3 Å². The van der Waals surface area contributed by atoms with E-state index >= 15 is 0 Å². The second-order valence-corrected chi connectivity index (χ2v) is 12.0. The van der Waals surface area contributed by atoms with Crippen molar-refractivity contribution in [2.45, 2.75) is 27.9 Å². The Hall–Kier alpha value is -3.31. The summed E-state index contributed by atoms with van der Waals surface area (Å²) in [5.74, 6) is -1.50. The van der Waals surface area contributed by atoms with Crippen molar-refractivity contribution in [2.75, 3.05) is 17.8 Å². The van der Waals surface area contributed by atoms with Gasteiger partial charge in [-0.2, -0.15) is 0 Å². The average molecular weight is 521 g/mol. The van der Waals surface area contributed by atoms with E-state index in [1.807, 2.05) is 0 Å². The molecule has 1 N–H and O–H groups in total. The molecule has 1 aliphatic heterocycles. The van der Waals surface area contributed by atoms with Gasteiger partial charge in [0.1, 0.15) is 11.6 Å². The lowest BCUT2D eigenvalue weighted by Gasteiger charge is -2.31. The summed E-state index contributed by atoms with van der Waals surface area (Å²) in [5.41, 5.74) is 0.522. The molecule has 0 aromatic heterocycles. The average Bonchev–Trinajstić information content (AvgIpc) is 2.84. The number of carbonyl (C=O) groups is 1. The summed E-state index contributed by atoms with van der Waals surface area (Å²) in [5, 5.41) is -0.670. The predicted molar refractivity (Wildman–Crippen MR) is 126 cm³/mol. The highest BCUT2D eigenvalue weighted by Crippen LogP contribution is 2.26. The second kappa shape index (κ2) is 9.74. The van der Waals surface area contributed by atoms with E-state index in [1.54, 1.807) is 4.90 Å². The van der Waals surface area contributed by atoms with Gasteiger partial charge in [0.05, 0.1) is 15.0 Å². The van der Waals surface area contributed by atoms with Gasteiger partial charge in [-0.25, -0.2) is 25.6 Å². The van der Waals surface area contributed by atoms with Gasteiger partial charge in [-0.1, -0.05) is 6.07 Å². The van der Waals surface area contributed by atoms with Gasteiger partial charge in [0, 0.05) is 24.3 Å². The molecule has 35 heavy (non-hydrogen) atoms. The minimum atomic E-state index is -4.00. The maximum Gasteiger partial charge on any atom is 0.261 e. The van der Waals surface area contributed by atoms with Crippen LogP contribution in [0.25, 0.3) is 0 Å². The van der Waals surface area contributed by atoms with Crippen LogP contribution in [-0.4, -0.2) is 46.0 Å². The van der Waals surface area contributed by atoms with E-state index in [4.69, 9.17) is 0 Å². The molecule has 3 aromatic carbocycles. The summed E-state index contributed by atoms with van der Waals surface area (Å²) >= 11 is 0. The van der Waals surface area contributed by atoms with Crippen molar-refractivity contribution >= 4 is 31.5 Å². The molecule has 1 fully saturated rings. The molecule has 1 amide bonds. The van der Waals surface area contributed by atoms with Crippen LogP contribution < -0.4 is 4.72 Å². The van der Waals surface area contributed by atoms with Crippen LogP contribution in [0.4, 0.5) is 14.5 Å². The molecule has 0 radical (unpaired) electrons. The summed E-state index contributed by atoms with van der Waals surface area (Å²) in [4.78, 5) is 14.2. The van der Waals surface area contributed by atoms with E-state index < -0.39 is 36.7 Å². The van der Waals surface area contributed by atoms with Gasteiger partial charge in [-0.15, -0.1) is 0 Å². The van der Waals surface area contributed by atoms with E-state index in [1.165, 1.54) is 48.5 Å². The van der Waals surface area contributed by atoms with Gasteiger partial charge in [0.25, 0.3) is 15.9 Å². The number of carbonyl (C=O) groups excluding carboxylic acids is 1. The summed E-state index contributed by atoms with van der Waals surface area (Å²) in [7, 11) is -7.63. The van der Waals surface area contributed by atoms with Crippen LogP contribution in [-0.2, 0) is 19.9 Å². The Balaban J connectivity index is 1.39. The molecule has 0 saturated carbocycles. The predicted octanol–water partition coefficient (Wildman–Crippen LogP) is 3.84. The minimum Gasteiger partial charge on any atom is -0.339 e. The molecule has 3 aromatic rings. The molecule has 0 atom stereocenters. The summed E-state index contributed by atoms with van der Waals surface area (Å²) in [6.07, 6.45) is 0.494. The normalized spacial score (nSPS) is 15.1. The van der Waals surface area contributed by atoms with Gasteiger partial charge >= 0.3 is 0 Å². The molecule has 0 bridgehead atoms. The number of hydrogen-bond donors (Lipinski definition) is 1. The maximum absolute atomic E-state index is 13.4. The molecular weight excluding hydrogens is 498 g/mol. The highest BCUT2D eigenvalue weighted by molar-refractivity contribution is 7.92. The van der Waals surface area contributed by atoms with E-state index in [-0.39, 0.29) is 47.3 Å². The fourth-order valence-corrected chi connectivity index (χ4v) is 6.72. The van der Waals surface area contributed by atoms with Crippen molar-refractivity contribution in [3.05, 3.63) is 90.0 Å². The summed E-state index contributed by atoms with van der Waals surface area (Å²) in [6, 6.07) is 15.1. The molecular formula is C24H22F2N2O5S2. The van der Waals surface area contributed by atoms with Gasteiger partial charge in [-0.3, -0.25) is 9.52 Å². The lowest BCUT2D eigenvalue weighted by Crippen LogP contribution is -2.42. The highest BCUT2D eigenvalue weighted by Gasteiger charge is 2.33. The van der Waals surface area contributed by atoms with Gasteiger partial charge in [0.15, 0.2) is 9.84 Å². The number of nitrogens with one attached hydrogen (secondary N) is 1. The van der Waals surface area contributed by atoms with Crippen molar-refractivity contribution in [3.63, 3.8) is 0 Å². The quantitative estimate of drug-likeness (QED) is 0.498. The number of likely N-dealkylation sites (tertiary alicyclic amines) is 1. The third-order valence-electron chi connectivity index (χ3n) is 5.80. The zero-order valence-corrected chi connectivity index (χ0v) is 20.0. The Kier molecular flexibility index (Phi) is 6.91. The molecule has 1 aliphatic rings. The number of sulfone groups is 1.